The van der Waals surface area contributed by atoms with Gasteiger partial charge in [-0.05, 0) is 6.92 Å². The SMILES string of the molecule is COCc1nc2cc3c(cc2n1C(C)C(=O)O)OCO3. The fourth-order valence-corrected chi connectivity index (χ4v) is 2.31. The number of aromatic nitrogens is 2. The number of benzene rings is 1. The molecule has 3 rings (SSSR count). The average Bonchev–Trinajstić information content (AvgIpc) is 2.98. The zero-order valence-corrected chi connectivity index (χ0v) is 11.1. The zero-order chi connectivity index (χ0) is 14.3. The summed E-state index contributed by atoms with van der Waals surface area (Å²) in [4.78, 5) is 15.7. The van der Waals surface area contributed by atoms with Crippen molar-refractivity contribution in [1.29, 1.82) is 0 Å². The fourth-order valence-electron chi connectivity index (χ4n) is 2.31. The summed E-state index contributed by atoms with van der Waals surface area (Å²) in [5.41, 5.74) is 1.35. The van der Waals surface area contributed by atoms with Crippen molar-refractivity contribution in [3.05, 3.63) is 18.0 Å². The largest absolute Gasteiger partial charge is 0.480 e. The normalized spacial score (nSPS) is 14.7. The third-order valence-electron chi connectivity index (χ3n) is 3.28. The number of carboxylic acids is 1. The number of ether oxygens (including phenoxy) is 3. The molecule has 0 radical (unpaired) electrons. The number of imidazole rings is 1. The van der Waals surface area contributed by atoms with E-state index in [9.17, 15) is 9.90 Å². The van der Waals surface area contributed by atoms with Gasteiger partial charge in [-0.2, -0.15) is 0 Å². The maximum Gasteiger partial charge on any atom is 0.326 e. The van der Waals surface area contributed by atoms with Crippen LogP contribution in [0.25, 0.3) is 11.0 Å². The van der Waals surface area contributed by atoms with Gasteiger partial charge in [-0.25, -0.2) is 9.78 Å². The van der Waals surface area contributed by atoms with Gasteiger partial charge in [0.15, 0.2) is 11.5 Å². The molecule has 7 heteroatoms. The molecule has 1 aromatic heterocycles. The van der Waals surface area contributed by atoms with Gasteiger partial charge >= 0.3 is 5.97 Å². The van der Waals surface area contributed by atoms with Gasteiger partial charge in [0.1, 0.15) is 18.5 Å². The predicted molar refractivity (Wildman–Crippen MR) is 68.9 cm³/mol. The van der Waals surface area contributed by atoms with Gasteiger partial charge in [-0.1, -0.05) is 0 Å². The molecule has 2 heterocycles. The van der Waals surface area contributed by atoms with Gasteiger partial charge in [0.2, 0.25) is 6.79 Å². The summed E-state index contributed by atoms with van der Waals surface area (Å²) in [6.45, 7) is 2.01. The highest BCUT2D eigenvalue weighted by molar-refractivity contribution is 5.83. The number of nitrogens with zero attached hydrogens (tertiary/aromatic N) is 2. The molecule has 0 aliphatic carbocycles. The molecule has 0 saturated heterocycles. The minimum atomic E-state index is -0.931. The molecule has 1 aliphatic heterocycles. The van der Waals surface area contributed by atoms with E-state index in [-0.39, 0.29) is 13.4 Å². The van der Waals surface area contributed by atoms with E-state index in [1.54, 1.807) is 30.7 Å². The van der Waals surface area contributed by atoms with E-state index in [0.717, 1.165) is 0 Å². The Morgan fingerprint density at radius 2 is 2.20 bits per heavy atom. The van der Waals surface area contributed by atoms with E-state index in [4.69, 9.17) is 14.2 Å². The van der Waals surface area contributed by atoms with E-state index in [0.29, 0.717) is 28.4 Å². The quantitative estimate of drug-likeness (QED) is 0.913. The molecule has 0 spiro atoms. The molecular weight excluding hydrogens is 264 g/mol. The van der Waals surface area contributed by atoms with Crippen LogP contribution in [0.5, 0.6) is 11.5 Å². The van der Waals surface area contributed by atoms with E-state index in [2.05, 4.69) is 4.98 Å². The molecule has 7 nitrogen and oxygen atoms in total. The topological polar surface area (TPSA) is 82.8 Å². The highest BCUT2D eigenvalue weighted by Crippen LogP contribution is 2.37. The lowest BCUT2D eigenvalue weighted by molar-refractivity contribution is -0.140. The summed E-state index contributed by atoms with van der Waals surface area (Å²) in [5.74, 6) is 0.842. The van der Waals surface area contributed by atoms with Gasteiger partial charge in [-0.15, -0.1) is 0 Å². The van der Waals surface area contributed by atoms with Crippen LogP contribution in [0.2, 0.25) is 0 Å². The van der Waals surface area contributed by atoms with E-state index in [1.807, 2.05) is 0 Å². The van der Waals surface area contributed by atoms with Crippen LogP contribution in [0, 0.1) is 0 Å². The van der Waals surface area contributed by atoms with Crippen molar-refractivity contribution >= 4 is 17.0 Å². The lowest BCUT2D eigenvalue weighted by atomic mass is 10.2. The van der Waals surface area contributed by atoms with Gasteiger partial charge in [-0.3, -0.25) is 0 Å². The summed E-state index contributed by atoms with van der Waals surface area (Å²) >= 11 is 0. The standard InChI is InChI=1S/C13H14N2O5/c1-7(13(16)17)15-9-4-11-10(19-6-20-11)3-8(9)14-12(15)5-18-2/h3-4,7H,5-6H2,1-2H3,(H,16,17). The first-order valence-corrected chi connectivity index (χ1v) is 6.14. The average molecular weight is 278 g/mol. The van der Waals surface area contributed by atoms with Crippen molar-refractivity contribution < 1.29 is 24.1 Å². The summed E-state index contributed by atoms with van der Waals surface area (Å²) in [6, 6.07) is 2.76. The van der Waals surface area contributed by atoms with Crippen molar-refractivity contribution in [3.63, 3.8) is 0 Å². The second kappa shape index (κ2) is 4.68. The van der Waals surface area contributed by atoms with Crippen LogP contribution >= 0.6 is 0 Å². The third-order valence-corrected chi connectivity index (χ3v) is 3.28. The molecule has 0 amide bonds. The summed E-state index contributed by atoms with van der Waals surface area (Å²) < 4.78 is 17.4. The Labute approximate surface area is 114 Å². The van der Waals surface area contributed by atoms with E-state index < -0.39 is 12.0 Å². The smallest absolute Gasteiger partial charge is 0.326 e. The molecule has 1 aromatic carbocycles. The number of aliphatic carboxylic acids is 1. The van der Waals surface area contributed by atoms with Crippen LogP contribution in [-0.2, 0) is 16.1 Å². The Balaban J connectivity index is 2.22. The van der Waals surface area contributed by atoms with Crippen LogP contribution in [0.15, 0.2) is 12.1 Å². The van der Waals surface area contributed by atoms with Crippen molar-refractivity contribution in [2.75, 3.05) is 13.9 Å². The number of fused-ring (bicyclic) bond motifs is 2. The number of carboxylic acid groups (broad SMARTS) is 1. The maximum atomic E-state index is 11.3. The monoisotopic (exact) mass is 278 g/mol. The first-order chi connectivity index (χ1) is 9.61. The Hall–Kier alpha value is -2.28. The number of rotatable bonds is 4. The van der Waals surface area contributed by atoms with Gasteiger partial charge in [0.25, 0.3) is 0 Å². The van der Waals surface area contributed by atoms with Crippen LogP contribution in [-0.4, -0.2) is 34.5 Å². The number of hydrogen-bond acceptors (Lipinski definition) is 5. The van der Waals surface area contributed by atoms with Crippen molar-refractivity contribution in [2.24, 2.45) is 0 Å². The Kier molecular flexibility index (Phi) is 2.98. The molecule has 106 valence electrons. The molecule has 1 N–H and O–H groups in total. The van der Waals surface area contributed by atoms with Crippen molar-refractivity contribution in [2.45, 2.75) is 19.6 Å². The van der Waals surface area contributed by atoms with Crippen molar-refractivity contribution in [3.8, 4) is 11.5 Å². The molecule has 0 saturated carbocycles. The van der Waals surface area contributed by atoms with Crippen LogP contribution in [0.3, 0.4) is 0 Å². The number of carbonyl (C=O) groups is 1. The van der Waals surface area contributed by atoms with E-state index >= 15 is 0 Å². The Morgan fingerprint density at radius 3 is 2.85 bits per heavy atom. The number of hydrogen-bond donors (Lipinski definition) is 1. The summed E-state index contributed by atoms with van der Waals surface area (Å²) in [7, 11) is 1.54. The molecule has 1 atom stereocenters. The molecule has 1 unspecified atom stereocenters. The Morgan fingerprint density at radius 1 is 1.50 bits per heavy atom. The van der Waals surface area contributed by atoms with Crippen molar-refractivity contribution in [1.82, 2.24) is 9.55 Å². The fraction of sp³-hybridized carbons (Fsp3) is 0.385. The van der Waals surface area contributed by atoms with Gasteiger partial charge in [0.05, 0.1) is 11.0 Å². The lowest BCUT2D eigenvalue weighted by Gasteiger charge is -2.13. The first-order valence-electron chi connectivity index (χ1n) is 6.14. The second-order valence-electron chi connectivity index (χ2n) is 4.54. The highest BCUT2D eigenvalue weighted by atomic mass is 16.7. The maximum absolute atomic E-state index is 11.3. The minimum absolute atomic E-state index is 0.168. The van der Waals surface area contributed by atoms with Crippen LogP contribution < -0.4 is 9.47 Å². The molecule has 20 heavy (non-hydrogen) atoms. The number of methoxy groups -OCH3 is 1. The van der Waals surface area contributed by atoms with Crippen LogP contribution in [0.1, 0.15) is 18.8 Å². The molecule has 2 aromatic rings. The summed E-state index contributed by atoms with van der Waals surface area (Å²) in [6.07, 6.45) is 0. The van der Waals surface area contributed by atoms with Crippen LogP contribution in [0.4, 0.5) is 0 Å². The van der Waals surface area contributed by atoms with Gasteiger partial charge in [0, 0.05) is 19.2 Å². The van der Waals surface area contributed by atoms with E-state index in [1.165, 1.54) is 0 Å². The minimum Gasteiger partial charge on any atom is -0.480 e. The highest BCUT2D eigenvalue weighted by Gasteiger charge is 2.24. The molecular formula is C13H14N2O5. The second-order valence-corrected chi connectivity index (χ2v) is 4.54. The molecule has 0 fully saturated rings. The molecule has 0 bridgehead atoms. The zero-order valence-electron chi connectivity index (χ0n) is 11.1. The predicted octanol–water partition coefficient (Wildman–Crippen LogP) is 1.56. The van der Waals surface area contributed by atoms with Gasteiger partial charge < -0.3 is 23.9 Å². The third kappa shape index (κ3) is 1.87. The molecule has 1 aliphatic rings. The summed E-state index contributed by atoms with van der Waals surface area (Å²) in [5, 5.41) is 9.25. The lowest BCUT2D eigenvalue weighted by Crippen LogP contribution is -2.18. The first kappa shape index (κ1) is 12.7. The Bertz CT molecular complexity index is 679.